The first-order chi connectivity index (χ1) is 9.69. The highest BCUT2D eigenvalue weighted by atomic mass is 79.9. The van der Waals surface area contributed by atoms with Crippen molar-refractivity contribution in [2.45, 2.75) is 30.5 Å². The predicted octanol–water partition coefficient (Wildman–Crippen LogP) is 4.81. The molecular formula is C16H19BrN2S. The number of hydrogen-bond acceptors (Lipinski definition) is 3. The number of halogens is 1. The third kappa shape index (κ3) is 4.62. The third-order valence-corrected chi connectivity index (χ3v) is 4.58. The van der Waals surface area contributed by atoms with Gasteiger partial charge in [-0.1, -0.05) is 19.1 Å². The van der Waals surface area contributed by atoms with Gasteiger partial charge in [0.1, 0.15) is 0 Å². The van der Waals surface area contributed by atoms with Crippen molar-refractivity contribution in [1.29, 1.82) is 0 Å². The summed E-state index contributed by atoms with van der Waals surface area (Å²) in [6.45, 7) is 5.32. The molecule has 0 aliphatic rings. The number of thioether (sulfide) groups is 1. The van der Waals surface area contributed by atoms with Gasteiger partial charge in [-0.2, -0.15) is 0 Å². The standard InChI is InChI=1S/C16H19BrN2S/c1-3-18-12(2)13-4-8-16(9-5-13)20-11-15-7-6-14(17)10-19-15/h4-10,12,18H,3,11H2,1-2H3. The topological polar surface area (TPSA) is 24.9 Å². The highest BCUT2D eigenvalue weighted by molar-refractivity contribution is 9.10. The van der Waals surface area contributed by atoms with Crippen LogP contribution in [0.4, 0.5) is 0 Å². The van der Waals surface area contributed by atoms with Gasteiger partial charge >= 0.3 is 0 Å². The summed E-state index contributed by atoms with van der Waals surface area (Å²) in [5.41, 5.74) is 2.43. The molecule has 1 heterocycles. The first-order valence-electron chi connectivity index (χ1n) is 6.75. The fourth-order valence-electron chi connectivity index (χ4n) is 1.93. The molecule has 1 N–H and O–H groups in total. The smallest absolute Gasteiger partial charge is 0.0507 e. The van der Waals surface area contributed by atoms with Crippen LogP contribution in [0.3, 0.4) is 0 Å². The van der Waals surface area contributed by atoms with E-state index in [0.717, 1.165) is 22.5 Å². The van der Waals surface area contributed by atoms with Crippen molar-refractivity contribution >= 4 is 27.7 Å². The van der Waals surface area contributed by atoms with Gasteiger partial charge in [0.2, 0.25) is 0 Å². The molecule has 1 unspecified atom stereocenters. The normalized spacial score (nSPS) is 12.3. The van der Waals surface area contributed by atoms with E-state index in [-0.39, 0.29) is 0 Å². The molecule has 20 heavy (non-hydrogen) atoms. The van der Waals surface area contributed by atoms with Crippen LogP contribution in [0.1, 0.15) is 31.1 Å². The Hall–Kier alpha value is -0.840. The maximum atomic E-state index is 4.39. The number of nitrogens with one attached hydrogen (secondary N) is 1. The molecule has 0 fully saturated rings. The SMILES string of the molecule is CCNC(C)c1ccc(SCc2ccc(Br)cn2)cc1. The van der Waals surface area contributed by atoms with Crippen LogP contribution >= 0.6 is 27.7 Å². The fourth-order valence-corrected chi connectivity index (χ4v) is 2.97. The van der Waals surface area contributed by atoms with E-state index in [1.165, 1.54) is 10.5 Å². The minimum absolute atomic E-state index is 0.409. The zero-order valence-electron chi connectivity index (χ0n) is 11.8. The summed E-state index contributed by atoms with van der Waals surface area (Å²) in [5.74, 6) is 0.898. The van der Waals surface area contributed by atoms with Crippen LogP contribution in [0.25, 0.3) is 0 Å². The molecule has 2 nitrogen and oxygen atoms in total. The second kappa shape index (κ2) is 7.81. The lowest BCUT2D eigenvalue weighted by Crippen LogP contribution is -2.17. The molecule has 106 valence electrons. The molecule has 1 aromatic carbocycles. The molecule has 4 heteroatoms. The monoisotopic (exact) mass is 350 g/mol. The van der Waals surface area contributed by atoms with Gasteiger partial charge in [0.25, 0.3) is 0 Å². The van der Waals surface area contributed by atoms with Crippen LogP contribution in [0.15, 0.2) is 52.0 Å². The van der Waals surface area contributed by atoms with Gasteiger partial charge in [0, 0.05) is 27.4 Å². The van der Waals surface area contributed by atoms with E-state index < -0.39 is 0 Å². The number of pyridine rings is 1. The molecule has 0 radical (unpaired) electrons. The molecule has 0 aliphatic heterocycles. The Morgan fingerprint density at radius 2 is 1.95 bits per heavy atom. The summed E-state index contributed by atoms with van der Waals surface area (Å²) in [6.07, 6.45) is 1.84. The van der Waals surface area contributed by atoms with E-state index in [2.05, 4.69) is 70.4 Å². The van der Waals surface area contributed by atoms with Gasteiger partial charge in [-0.05, 0) is 59.2 Å². The van der Waals surface area contributed by atoms with Crippen molar-refractivity contribution in [3.63, 3.8) is 0 Å². The predicted molar refractivity (Wildman–Crippen MR) is 90.0 cm³/mol. The molecule has 2 rings (SSSR count). The van der Waals surface area contributed by atoms with Gasteiger partial charge in [-0.25, -0.2) is 0 Å². The Morgan fingerprint density at radius 1 is 1.20 bits per heavy atom. The molecule has 0 spiro atoms. The summed E-state index contributed by atoms with van der Waals surface area (Å²) in [7, 11) is 0. The number of benzene rings is 1. The lowest BCUT2D eigenvalue weighted by Gasteiger charge is -2.13. The van der Waals surface area contributed by atoms with E-state index in [4.69, 9.17) is 0 Å². The Balaban J connectivity index is 1.92. The van der Waals surface area contributed by atoms with Gasteiger partial charge in [-0.3, -0.25) is 4.98 Å². The van der Waals surface area contributed by atoms with Gasteiger partial charge in [-0.15, -0.1) is 11.8 Å². The van der Waals surface area contributed by atoms with E-state index in [1.807, 2.05) is 24.0 Å². The molecule has 2 aromatic rings. The first-order valence-corrected chi connectivity index (χ1v) is 8.53. The van der Waals surface area contributed by atoms with Crippen molar-refractivity contribution in [1.82, 2.24) is 10.3 Å². The van der Waals surface area contributed by atoms with Crippen molar-refractivity contribution in [2.24, 2.45) is 0 Å². The molecule has 1 atom stereocenters. The van der Waals surface area contributed by atoms with E-state index in [0.29, 0.717) is 6.04 Å². The summed E-state index contributed by atoms with van der Waals surface area (Å²) in [5, 5.41) is 3.42. The van der Waals surface area contributed by atoms with E-state index in [1.54, 1.807) is 0 Å². The second-order valence-electron chi connectivity index (χ2n) is 4.60. The average molecular weight is 351 g/mol. The summed E-state index contributed by atoms with van der Waals surface area (Å²) < 4.78 is 1.02. The molecule has 0 amide bonds. The zero-order valence-corrected chi connectivity index (χ0v) is 14.2. The molecule has 0 bridgehead atoms. The lowest BCUT2D eigenvalue weighted by molar-refractivity contribution is 0.598. The van der Waals surface area contributed by atoms with Crippen LogP contribution in [0.2, 0.25) is 0 Å². The van der Waals surface area contributed by atoms with Crippen molar-refractivity contribution in [3.8, 4) is 0 Å². The quantitative estimate of drug-likeness (QED) is 0.757. The number of rotatable bonds is 6. The van der Waals surface area contributed by atoms with Crippen molar-refractivity contribution in [3.05, 3.63) is 58.3 Å². The maximum absolute atomic E-state index is 4.39. The van der Waals surface area contributed by atoms with Crippen LogP contribution in [-0.2, 0) is 5.75 Å². The Labute approximate surface area is 133 Å². The Kier molecular flexibility index (Phi) is 6.07. The molecule has 0 saturated heterocycles. The molecule has 0 saturated carbocycles. The Morgan fingerprint density at radius 3 is 2.55 bits per heavy atom. The highest BCUT2D eigenvalue weighted by Gasteiger charge is 2.03. The molecule has 1 aromatic heterocycles. The van der Waals surface area contributed by atoms with Crippen LogP contribution in [-0.4, -0.2) is 11.5 Å². The Bertz CT molecular complexity index is 525. The van der Waals surface area contributed by atoms with Crippen LogP contribution in [0, 0.1) is 0 Å². The average Bonchev–Trinajstić information content (AvgIpc) is 2.47. The van der Waals surface area contributed by atoms with Crippen molar-refractivity contribution in [2.75, 3.05) is 6.54 Å². The first kappa shape index (κ1) is 15.5. The van der Waals surface area contributed by atoms with Gasteiger partial charge in [0.15, 0.2) is 0 Å². The van der Waals surface area contributed by atoms with E-state index >= 15 is 0 Å². The second-order valence-corrected chi connectivity index (χ2v) is 6.57. The highest BCUT2D eigenvalue weighted by Crippen LogP contribution is 2.24. The number of hydrogen-bond donors (Lipinski definition) is 1. The third-order valence-electron chi connectivity index (χ3n) is 3.07. The van der Waals surface area contributed by atoms with Crippen molar-refractivity contribution < 1.29 is 0 Å². The largest absolute Gasteiger partial charge is 0.310 e. The lowest BCUT2D eigenvalue weighted by atomic mass is 10.1. The maximum Gasteiger partial charge on any atom is 0.0507 e. The van der Waals surface area contributed by atoms with Crippen LogP contribution < -0.4 is 5.32 Å². The minimum Gasteiger partial charge on any atom is -0.310 e. The number of nitrogens with zero attached hydrogens (tertiary/aromatic N) is 1. The van der Waals surface area contributed by atoms with Gasteiger partial charge in [0.05, 0.1) is 5.69 Å². The summed E-state index contributed by atoms with van der Waals surface area (Å²) >= 11 is 5.22. The summed E-state index contributed by atoms with van der Waals surface area (Å²) in [4.78, 5) is 5.67. The zero-order chi connectivity index (χ0) is 14.4. The molecule has 0 aliphatic carbocycles. The van der Waals surface area contributed by atoms with Crippen LogP contribution in [0.5, 0.6) is 0 Å². The number of aromatic nitrogens is 1. The fraction of sp³-hybridized carbons (Fsp3) is 0.312. The van der Waals surface area contributed by atoms with E-state index in [9.17, 15) is 0 Å². The molecular weight excluding hydrogens is 332 g/mol. The summed E-state index contributed by atoms with van der Waals surface area (Å²) in [6, 6.07) is 13.3. The minimum atomic E-state index is 0.409. The van der Waals surface area contributed by atoms with Gasteiger partial charge < -0.3 is 5.32 Å².